The molecule has 0 radical (unpaired) electrons. The zero-order chi connectivity index (χ0) is 13.0. The third-order valence-electron chi connectivity index (χ3n) is 2.82. The zero-order valence-corrected chi connectivity index (χ0v) is 10.2. The summed E-state index contributed by atoms with van der Waals surface area (Å²) in [5.41, 5.74) is 0.879. The molecule has 0 N–H and O–H groups in total. The van der Waals surface area contributed by atoms with Crippen LogP contribution in [0, 0.1) is 0 Å². The minimum absolute atomic E-state index is 0.149. The van der Waals surface area contributed by atoms with Crippen LogP contribution < -0.4 is 0 Å². The third-order valence-corrected chi connectivity index (χ3v) is 2.82. The van der Waals surface area contributed by atoms with Crippen LogP contribution in [0.5, 0.6) is 0 Å². The Morgan fingerprint density at radius 3 is 2.72 bits per heavy atom. The number of amides is 1. The number of likely N-dealkylation sites (N-methyl/N-ethyl adjacent to an activating group) is 1. The minimum atomic E-state index is -0.799. The number of hydrogen-bond acceptors (Lipinski definition) is 4. The predicted molar refractivity (Wildman–Crippen MR) is 63.8 cm³/mol. The van der Waals surface area contributed by atoms with Crippen molar-refractivity contribution in [3.05, 3.63) is 35.9 Å². The molecule has 5 heteroatoms. The maximum absolute atomic E-state index is 11.5. The van der Waals surface area contributed by atoms with Crippen LogP contribution in [0.2, 0.25) is 0 Å². The monoisotopic (exact) mass is 249 g/mol. The zero-order valence-electron chi connectivity index (χ0n) is 10.2. The van der Waals surface area contributed by atoms with Gasteiger partial charge >= 0.3 is 6.16 Å². The lowest BCUT2D eigenvalue weighted by molar-refractivity contribution is -0.134. The van der Waals surface area contributed by atoms with Gasteiger partial charge < -0.3 is 14.4 Å². The number of carbonyl (C=O) groups is 2. The van der Waals surface area contributed by atoms with E-state index in [1.54, 1.807) is 7.05 Å². The van der Waals surface area contributed by atoms with E-state index in [4.69, 9.17) is 9.47 Å². The van der Waals surface area contributed by atoms with Gasteiger partial charge in [-0.25, -0.2) is 4.79 Å². The molecule has 0 saturated carbocycles. The molecule has 0 bridgehead atoms. The van der Waals surface area contributed by atoms with Gasteiger partial charge in [-0.3, -0.25) is 4.79 Å². The highest BCUT2D eigenvalue weighted by Gasteiger charge is 2.32. The summed E-state index contributed by atoms with van der Waals surface area (Å²) < 4.78 is 9.91. The van der Waals surface area contributed by atoms with E-state index in [0.29, 0.717) is 13.0 Å². The Morgan fingerprint density at radius 2 is 2.11 bits per heavy atom. The van der Waals surface area contributed by atoms with Gasteiger partial charge in [0.2, 0.25) is 0 Å². The summed E-state index contributed by atoms with van der Waals surface area (Å²) in [4.78, 5) is 24.5. The molecule has 1 fully saturated rings. The molecule has 5 nitrogen and oxygen atoms in total. The highest BCUT2D eigenvalue weighted by atomic mass is 16.7. The van der Waals surface area contributed by atoms with Crippen molar-refractivity contribution in [2.24, 2.45) is 0 Å². The van der Waals surface area contributed by atoms with Crippen LogP contribution in [0.15, 0.2) is 30.3 Å². The smallest absolute Gasteiger partial charge is 0.429 e. The predicted octanol–water partition coefficient (Wildman–Crippen LogP) is 1.57. The molecule has 1 heterocycles. The van der Waals surface area contributed by atoms with Gasteiger partial charge in [0.25, 0.3) is 5.91 Å². The summed E-state index contributed by atoms with van der Waals surface area (Å²) in [5.74, 6) is -0.174. The largest absolute Gasteiger partial charge is 0.509 e. The van der Waals surface area contributed by atoms with Crippen LogP contribution in [0.25, 0.3) is 0 Å². The number of ether oxygens (including phenoxy) is 2. The van der Waals surface area contributed by atoms with Crippen LogP contribution in [-0.2, 0) is 20.9 Å². The fourth-order valence-corrected chi connectivity index (χ4v) is 1.77. The quantitative estimate of drug-likeness (QED) is 0.763. The Hall–Kier alpha value is -2.04. The van der Waals surface area contributed by atoms with Gasteiger partial charge in [-0.15, -0.1) is 0 Å². The fourth-order valence-electron chi connectivity index (χ4n) is 1.77. The van der Waals surface area contributed by atoms with Gasteiger partial charge in [0.15, 0.2) is 6.10 Å². The van der Waals surface area contributed by atoms with Gasteiger partial charge in [0, 0.05) is 20.0 Å². The van der Waals surface area contributed by atoms with Crippen LogP contribution in [0.4, 0.5) is 4.79 Å². The van der Waals surface area contributed by atoms with Crippen molar-refractivity contribution in [2.75, 3.05) is 13.6 Å². The standard InChI is InChI=1S/C13H15NO4/c1-14-8-7-11(12(14)15)18-13(16)17-9-10-5-3-2-4-6-10/h2-6,11H,7-9H2,1H3. The number of carbonyl (C=O) groups excluding carboxylic acids is 2. The van der Waals surface area contributed by atoms with E-state index in [1.807, 2.05) is 30.3 Å². The highest BCUT2D eigenvalue weighted by Crippen LogP contribution is 2.13. The first kappa shape index (κ1) is 12.4. The average molecular weight is 249 g/mol. The van der Waals surface area contributed by atoms with E-state index in [2.05, 4.69) is 0 Å². The Kier molecular flexibility index (Phi) is 3.82. The van der Waals surface area contributed by atoms with E-state index < -0.39 is 12.3 Å². The second-order valence-corrected chi connectivity index (χ2v) is 4.18. The third kappa shape index (κ3) is 3.00. The highest BCUT2D eigenvalue weighted by molar-refractivity contribution is 5.84. The number of likely N-dealkylation sites (tertiary alicyclic amines) is 1. The van der Waals surface area contributed by atoms with Gasteiger partial charge in [-0.1, -0.05) is 30.3 Å². The van der Waals surface area contributed by atoms with E-state index in [0.717, 1.165) is 5.56 Å². The lowest BCUT2D eigenvalue weighted by Crippen LogP contribution is -2.29. The molecule has 0 aromatic heterocycles. The lowest BCUT2D eigenvalue weighted by Gasteiger charge is -2.11. The summed E-state index contributed by atoms with van der Waals surface area (Å²) >= 11 is 0. The summed E-state index contributed by atoms with van der Waals surface area (Å²) in [5, 5.41) is 0. The summed E-state index contributed by atoms with van der Waals surface area (Å²) in [6.45, 7) is 0.756. The minimum Gasteiger partial charge on any atom is -0.429 e. The van der Waals surface area contributed by atoms with Crippen molar-refractivity contribution in [1.82, 2.24) is 4.90 Å². The number of nitrogens with zero attached hydrogens (tertiary/aromatic N) is 1. The Bertz CT molecular complexity index is 432. The van der Waals surface area contributed by atoms with E-state index in [1.165, 1.54) is 4.90 Å². The fraction of sp³-hybridized carbons (Fsp3) is 0.385. The molecule has 0 aliphatic carbocycles. The van der Waals surface area contributed by atoms with Crippen molar-refractivity contribution in [3.8, 4) is 0 Å². The molecular formula is C13H15NO4. The first-order valence-electron chi connectivity index (χ1n) is 5.79. The van der Waals surface area contributed by atoms with Crippen molar-refractivity contribution >= 4 is 12.1 Å². The van der Waals surface area contributed by atoms with Crippen molar-refractivity contribution in [2.45, 2.75) is 19.1 Å². The molecule has 1 saturated heterocycles. The molecule has 1 aromatic rings. The SMILES string of the molecule is CN1CCC(OC(=O)OCc2ccccc2)C1=O. The Balaban J connectivity index is 1.78. The second kappa shape index (κ2) is 5.53. The van der Waals surface area contributed by atoms with Crippen LogP contribution in [0.3, 0.4) is 0 Å². The maximum atomic E-state index is 11.5. The summed E-state index contributed by atoms with van der Waals surface area (Å²) in [6, 6.07) is 9.30. The molecule has 1 aromatic carbocycles. The van der Waals surface area contributed by atoms with Crippen molar-refractivity contribution < 1.29 is 19.1 Å². The first-order valence-corrected chi connectivity index (χ1v) is 5.79. The average Bonchev–Trinajstić information content (AvgIpc) is 2.70. The molecule has 96 valence electrons. The van der Waals surface area contributed by atoms with E-state index in [-0.39, 0.29) is 12.5 Å². The van der Waals surface area contributed by atoms with Crippen LogP contribution >= 0.6 is 0 Å². The molecule has 0 spiro atoms. The van der Waals surface area contributed by atoms with Gasteiger partial charge in [0.1, 0.15) is 6.61 Å². The normalized spacial score (nSPS) is 18.8. The molecular weight excluding hydrogens is 234 g/mol. The van der Waals surface area contributed by atoms with E-state index in [9.17, 15) is 9.59 Å². The lowest BCUT2D eigenvalue weighted by atomic mass is 10.2. The second-order valence-electron chi connectivity index (χ2n) is 4.18. The molecule has 1 atom stereocenters. The van der Waals surface area contributed by atoms with Gasteiger partial charge in [0.05, 0.1) is 0 Å². The molecule has 1 amide bonds. The molecule has 1 aliphatic rings. The first-order chi connectivity index (χ1) is 8.66. The van der Waals surface area contributed by atoms with Crippen molar-refractivity contribution in [1.29, 1.82) is 0 Å². The van der Waals surface area contributed by atoms with E-state index >= 15 is 0 Å². The topological polar surface area (TPSA) is 55.8 Å². The molecule has 18 heavy (non-hydrogen) atoms. The van der Waals surface area contributed by atoms with Crippen molar-refractivity contribution in [3.63, 3.8) is 0 Å². The maximum Gasteiger partial charge on any atom is 0.509 e. The number of rotatable bonds is 3. The van der Waals surface area contributed by atoms with Gasteiger partial charge in [-0.2, -0.15) is 0 Å². The Labute approximate surface area is 105 Å². The van der Waals surface area contributed by atoms with Crippen LogP contribution in [0.1, 0.15) is 12.0 Å². The summed E-state index contributed by atoms with van der Waals surface area (Å²) in [6.07, 6.45) is -0.971. The number of benzene rings is 1. The Morgan fingerprint density at radius 1 is 1.39 bits per heavy atom. The number of hydrogen-bond donors (Lipinski definition) is 0. The molecule has 1 unspecified atom stereocenters. The van der Waals surface area contributed by atoms with Gasteiger partial charge in [-0.05, 0) is 5.56 Å². The summed E-state index contributed by atoms with van der Waals surface area (Å²) in [7, 11) is 1.68. The van der Waals surface area contributed by atoms with Crippen LogP contribution in [-0.4, -0.2) is 36.7 Å². The molecule has 2 rings (SSSR count). The molecule has 1 aliphatic heterocycles.